The summed E-state index contributed by atoms with van der Waals surface area (Å²) in [6.07, 6.45) is 0.567. The Bertz CT molecular complexity index is 423. The fraction of sp³-hybridized carbons (Fsp3) is 0.533. The monoisotopic (exact) mass is 246 g/mol. The molecule has 18 heavy (non-hydrogen) atoms. The Hall–Kier alpha value is -1.19. The number of piperazine rings is 1. The minimum atomic E-state index is 0.325. The van der Waals surface area contributed by atoms with Crippen molar-refractivity contribution in [3.63, 3.8) is 0 Å². The van der Waals surface area contributed by atoms with E-state index in [0.717, 1.165) is 26.2 Å². The molecule has 1 heterocycles. The van der Waals surface area contributed by atoms with Crippen molar-refractivity contribution < 1.29 is 4.79 Å². The molecule has 1 aromatic carbocycles. The highest BCUT2D eigenvalue weighted by molar-refractivity contribution is 5.83. The van der Waals surface area contributed by atoms with Crippen LogP contribution in [-0.4, -0.2) is 43.4 Å². The predicted octanol–water partition coefficient (Wildman–Crippen LogP) is 1.32. The molecule has 1 N–H and O–H groups in total. The fourth-order valence-corrected chi connectivity index (χ4v) is 2.38. The number of carbonyl (C=O) groups is 1. The van der Waals surface area contributed by atoms with Gasteiger partial charge in [0.25, 0.3) is 0 Å². The zero-order valence-electron chi connectivity index (χ0n) is 11.3. The maximum absolute atomic E-state index is 12.1. The maximum Gasteiger partial charge on any atom is 0.151 e. The lowest BCUT2D eigenvalue weighted by Gasteiger charge is -2.26. The molecule has 1 aromatic rings. The topological polar surface area (TPSA) is 32.3 Å². The summed E-state index contributed by atoms with van der Waals surface area (Å²) in [7, 11) is 0. The molecule has 1 aliphatic heterocycles. The predicted molar refractivity (Wildman–Crippen MR) is 73.9 cm³/mol. The minimum absolute atomic E-state index is 0.325. The van der Waals surface area contributed by atoms with Gasteiger partial charge >= 0.3 is 0 Å². The van der Waals surface area contributed by atoms with Crippen molar-refractivity contribution in [2.75, 3.05) is 32.7 Å². The first-order valence-corrected chi connectivity index (χ1v) is 6.66. The van der Waals surface area contributed by atoms with Crippen molar-refractivity contribution in [2.45, 2.75) is 20.3 Å². The molecule has 0 bridgehead atoms. The molecular formula is C15H22N2O. The van der Waals surface area contributed by atoms with Gasteiger partial charge in [-0.05, 0) is 25.0 Å². The van der Waals surface area contributed by atoms with Crippen molar-refractivity contribution in [1.29, 1.82) is 0 Å². The zero-order chi connectivity index (χ0) is 13.0. The molecule has 1 aliphatic rings. The summed E-state index contributed by atoms with van der Waals surface area (Å²) in [5.74, 6) is 0.325. The van der Waals surface area contributed by atoms with Crippen LogP contribution in [0, 0.1) is 13.8 Å². The van der Waals surface area contributed by atoms with Crippen molar-refractivity contribution in [3.8, 4) is 0 Å². The highest BCUT2D eigenvalue weighted by Gasteiger charge is 2.14. The van der Waals surface area contributed by atoms with Crippen LogP contribution < -0.4 is 5.32 Å². The van der Waals surface area contributed by atoms with Gasteiger partial charge in [-0.25, -0.2) is 0 Å². The van der Waals surface area contributed by atoms with Gasteiger partial charge in [0.15, 0.2) is 5.78 Å². The van der Waals surface area contributed by atoms with Crippen LogP contribution in [0.25, 0.3) is 0 Å². The Balaban J connectivity index is 1.92. The van der Waals surface area contributed by atoms with Gasteiger partial charge in [-0.3, -0.25) is 9.69 Å². The lowest BCUT2D eigenvalue weighted by molar-refractivity contribution is -0.119. The highest BCUT2D eigenvalue weighted by Crippen LogP contribution is 2.12. The normalized spacial score (nSPS) is 16.8. The molecule has 3 nitrogen and oxygen atoms in total. The summed E-state index contributed by atoms with van der Waals surface area (Å²) in [5.41, 5.74) is 3.62. The lowest BCUT2D eigenvalue weighted by atomic mass is 10.0. The smallest absolute Gasteiger partial charge is 0.151 e. The Morgan fingerprint density at radius 1 is 1.28 bits per heavy atom. The van der Waals surface area contributed by atoms with Gasteiger partial charge in [-0.2, -0.15) is 0 Å². The summed E-state index contributed by atoms with van der Waals surface area (Å²) in [4.78, 5) is 14.3. The Morgan fingerprint density at radius 3 is 2.72 bits per heavy atom. The van der Waals surface area contributed by atoms with E-state index in [4.69, 9.17) is 0 Å². The molecule has 0 aliphatic carbocycles. The van der Waals surface area contributed by atoms with E-state index in [1.165, 1.54) is 16.7 Å². The van der Waals surface area contributed by atoms with E-state index >= 15 is 0 Å². The molecule has 98 valence electrons. The second-order valence-electron chi connectivity index (χ2n) is 5.17. The largest absolute Gasteiger partial charge is 0.314 e. The highest BCUT2D eigenvalue weighted by atomic mass is 16.1. The molecule has 0 aromatic heterocycles. The second kappa shape index (κ2) is 6.12. The lowest BCUT2D eigenvalue weighted by Crippen LogP contribution is -2.45. The minimum Gasteiger partial charge on any atom is -0.314 e. The van der Waals surface area contributed by atoms with Crippen LogP contribution in [0.2, 0.25) is 0 Å². The van der Waals surface area contributed by atoms with Gasteiger partial charge in [-0.15, -0.1) is 0 Å². The van der Waals surface area contributed by atoms with Gasteiger partial charge in [0.1, 0.15) is 0 Å². The van der Waals surface area contributed by atoms with Gasteiger partial charge < -0.3 is 5.32 Å². The SMILES string of the molecule is Cc1ccc(C)c(CC(=O)CN2CCNCC2)c1. The van der Waals surface area contributed by atoms with Crippen molar-refractivity contribution in [2.24, 2.45) is 0 Å². The van der Waals surface area contributed by atoms with Gasteiger partial charge in [0.05, 0.1) is 6.54 Å². The molecule has 0 saturated carbocycles. The van der Waals surface area contributed by atoms with E-state index in [9.17, 15) is 4.79 Å². The van der Waals surface area contributed by atoms with Crippen LogP contribution in [0.15, 0.2) is 18.2 Å². The summed E-state index contributed by atoms with van der Waals surface area (Å²) in [6, 6.07) is 6.33. The first kappa shape index (κ1) is 13.2. The molecule has 0 unspecified atom stereocenters. The summed E-state index contributed by atoms with van der Waals surface area (Å²) in [5, 5.41) is 3.30. The van der Waals surface area contributed by atoms with Crippen LogP contribution in [0.1, 0.15) is 16.7 Å². The zero-order valence-corrected chi connectivity index (χ0v) is 11.3. The number of aryl methyl sites for hydroxylation is 2. The molecule has 0 spiro atoms. The fourth-order valence-electron chi connectivity index (χ4n) is 2.38. The van der Waals surface area contributed by atoms with Crippen LogP contribution in [0.3, 0.4) is 0 Å². The number of nitrogens with one attached hydrogen (secondary N) is 1. The Labute approximate surface area is 109 Å². The Morgan fingerprint density at radius 2 is 2.00 bits per heavy atom. The third-order valence-corrected chi connectivity index (χ3v) is 3.50. The molecule has 0 amide bonds. The standard InChI is InChI=1S/C15H22N2O/c1-12-3-4-13(2)14(9-12)10-15(18)11-17-7-5-16-6-8-17/h3-4,9,16H,5-8,10-11H2,1-2H3. The van der Waals surface area contributed by atoms with Crippen LogP contribution in [0.4, 0.5) is 0 Å². The van der Waals surface area contributed by atoms with Crippen molar-refractivity contribution in [1.82, 2.24) is 10.2 Å². The third kappa shape index (κ3) is 3.65. The number of Topliss-reactive ketones (excluding diaryl/α,β-unsaturated/α-hetero) is 1. The van der Waals surface area contributed by atoms with Gasteiger partial charge in [0, 0.05) is 32.6 Å². The van der Waals surface area contributed by atoms with E-state index in [2.05, 4.69) is 42.3 Å². The number of ketones is 1. The van der Waals surface area contributed by atoms with Crippen LogP contribution >= 0.6 is 0 Å². The average Bonchev–Trinajstić information content (AvgIpc) is 2.35. The number of nitrogens with zero attached hydrogens (tertiary/aromatic N) is 1. The third-order valence-electron chi connectivity index (χ3n) is 3.50. The number of carbonyl (C=O) groups excluding carboxylic acids is 1. The van der Waals surface area contributed by atoms with Crippen LogP contribution in [0.5, 0.6) is 0 Å². The molecule has 1 fully saturated rings. The molecular weight excluding hydrogens is 224 g/mol. The number of benzene rings is 1. The molecule has 0 radical (unpaired) electrons. The van der Waals surface area contributed by atoms with E-state index in [0.29, 0.717) is 18.7 Å². The van der Waals surface area contributed by atoms with Gasteiger partial charge in [0.2, 0.25) is 0 Å². The molecule has 0 atom stereocenters. The number of hydrogen-bond donors (Lipinski definition) is 1. The first-order chi connectivity index (χ1) is 8.65. The first-order valence-electron chi connectivity index (χ1n) is 6.66. The van der Waals surface area contributed by atoms with Crippen molar-refractivity contribution >= 4 is 5.78 Å². The van der Waals surface area contributed by atoms with E-state index in [1.54, 1.807) is 0 Å². The van der Waals surface area contributed by atoms with Crippen LogP contribution in [-0.2, 0) is 11.2 Å². The maximum atomic E-state index is 12.1. The average molecular weight is 246 g/mol. The van der Waals surface area contributed by atoms with Gasteiger partial charge in [-0.1, -0.05) is 23.8 Å². The second-order valence-corrected chi connectivity index (χ2v) is 5.17. The van der Waals surface area contributed by atoms with E-state index < -0.39 is 0 Å². The molecule has 2 rings (SSSR count). The summed E-state index contributed by atoms with van der Waals surface area (Å²) < 4.78 is 0. The quantitative estimate of drug-likeness (QED) is 0.869. The number of rotatable bonds is 4. The van der Waals surface area contributed by atoms with E-state index in [-0.39, 0.29) is 0 Å². The molecule has 3 heteroatoms. The number of hydrogen-bond acceptors (Lipinski definition) is 3. The van der Waals surface area contributed by atoms with E-state index in [1.807, 2.05) is 0 Å². The molecule has 1 saturated heterocycles. The summed E-state index contributed by atoms with van der Waals surface area (Å²) >= 11 is 0. The Kier molecular flexibility index (Phi) is 4.50. The van der Waals surface area contributed by atoms with Crippen molar-refractivity contribution in [3.05, 3.63) is 34.9 Å². The summed E-state index contributed by atoms with van der Waals surface area (Å²) in [6.45, 7) is 8.70.